The van der Waals surface area contributed by atoms with Crippen LogP contribution in [0.5, 0.6) is 0 Å². The molecule has 2 heterocycles. The van der Waals surface area contributed by atoms with Crippen LogP contribution in [0.2, 0.25) is 39.3 Å². The normalized spacial score (nSPS) is 19.6. The summed E-state index contributed by atoms with van der Waals surface area (Å²) in [6, 6.07) is 0. The van der Waals surface area contributed by atoms with Gasteiger partial charge in [-0.3, -0.25) is 0 Å². The van der Waals surface area contributed by atoms with Crippen molar-refractivity contribution in [3.05, 3.63) is 0 Å². The van der Waals surface area contributed by atoms with Gasteiger partial charge in [0.1, 0.15) is 33.0 Å². The Kier molecular flexibility index (Phi) is 12.4. The Morgan fingerprint density at radius 3 is 1.59 bits per heavy atom. The number of nitrogens with zero attached hydrogens (tertiary/aromatic N) is 1. The number of aliphatic hydroxyl groups is 2. The van der Waals surface area contributed by atoms with E-state index < -0.39 is 33.0 Å². The van der Waals surface area contributed by atoms with Gasteiger partial charge in [0.15, 0.2) is 0 Å². The standard InChI is InChI=1S/C15H27NO3Si.C10H19NOSi.ClH/c1-14(2,3)19-13(17)16-10-7-15(18,8-11-16)9-12-20(4,5)6;1-13(2,3)9-6-10(12)4-7-11-8-5-10;/h18H,7-8,10-11H2,1-6H3;11-12H,4-5,7-8H2,1-3H3;1H. The van der Waals surface area contributed by atoms with Crippen LogP contribution in [0.15, 0.2) is 0 Å². The molecule has 0 spiro atoms. The van der Waals surface area contributed by atoms with Crippen LogP contribution in [0, 0.1) is 22.9 Å². The Morgan fingerprint density at radius 1 is 0.853 bits per heavy atom. The molecule has 0 aliphatic carbocycles. The predicted octanol–water partition coefficient (Wildman–Crippen LogP) is 4.03. The summed E-state index contributed by atoms with van der Waals surface area (Å²) in [5, 5.41) is 23.7. The van der Waals surface area contributed by atoms with E-state index in [2.05, 4.69) is 67.5 Å². The number of likely N-dealkylation sites (tertiary alicyclic amines) is 1. The fourth-order valence-electron chi connectivity index (χ4n) is 3.08. The summed E-state index contributed by atoms with van der Waals surface area (Å²) < 4.78 is 5.34. The smallest absolute Gasteiger partial charge is 0.410 e. The zero-order valence-corrected chi connectivity index (χ0v) is 25.5. The highest BCUT2D eigenvalue weighted by Gasteiger charge is 2.34. The van der Waals surface area contributed by atoms with Crippen LogP contribution in [-0.2, 0) is 4.74 Å². The predicted molar refractivity (Wildman–Crippen MR) is 149 cm³/mol. The van der Waals surface area contributed by atoms with Crippen LogP contribution in [-0.4, -0.2) is 80.3 Å². The monoisotopic (exact) mass is 530 g/mol. The van der Waals surface area contributed by atoms with Crippen molar-refractivity contribution in [1.29, 1.82) is 0 Å². The Bertz CT molecular complexity index is 779. The quantitative estimate of drug-likeness (QED) is 0.325. The largest absolute Gasteiger partial charge is 0.444 e. The third-order valence-corrected chi connectivity index (χ3v) is 6.76. The molecule has 0 radical (unpaired) electrons. The molecule has 1 amide bonds. The van der Waals surface area contributed by atoms with Gasteiger partial charge in [-0.2, -0.15) is 0 Å². The van der Waals surface area contributed by atoms with E-state index in [-0.39, 0.29) is 18.5 Å². The van der Waals surface area contributed by atoms with Gasteiger partial charge in [-0.25, -0.2) is 4.79 Å². The summed E-state index contributed by atoms with van der Waals surface area (Å²) in [5.41, 5.74) is 4.33. The molecule has 0 aromatic rings. The van der Waals surface area contributed by atoms with E-state index in [4.69, 9.17) is 4.74 Å². The van der Waals surface area contributed by atoms with Crippen LogP contribution < -0.4 is 5.32 Å². The van der Waals surface area contributed by atoms with Crippen LogP contribution in [0.1, 0.15) is 46.5 Å². The molecule has 6 nitrogen and oxygen atoms in total. The van der Waals surface area contributed by atoms with E-state index in [1.807, 2.05) is 20.8 Å². The van der Waals surface area contributed by atoms with Gasteiger partial charge in [0.05, 0.1) is 0 Å². The van der Waals surface area contributed by atoms with Gasteiger partial charge >= 0.3 is 6.09 Å². The van der Waals surface area contributed by atoms with Gasteiger partial charge in [0, 0.05) is 25.9 Å². The van der Waals surface area contributed by atoms with Crippen molar-refractivity contribution in [2.45, 2.75) is 103 Å². The number of rotatable bonds is 0. The lowest BCUT2D eigenvalue weighted by Crippen LogP contribution is -2.47. The summed E-state index contributed by atoms with van der Waals surface area (Å²) in [5.74, 6) is 6.10. The summed E-state index contributed by atoms with van der Waals surface area (Å²) in [6.07, 6.45) is 2.21. The molecular weight excluding hydrogens is 484 g/mol. The molecule has 2 aliphatic rings. The zero-order valence-electron chi connectivity index (χ0n) is 22.7. The molecule has 3 N–H and O–H groups in total. The first-order valence-electron chi connectivity index (χ1n) is 12.0. The van der Waals surface area contributed by atoms with Gasteiger partial charge in [-0.1, -0.05) is 51.1 Å². The van der Waals surface area contributed by atoms with Crippen LogP contribution in [0.25, 0.3) is 0 Å². The summed E-state index contributed by atoms with van der Waals surface area (Å²) in [6.45, 7) is 21.4. The number of piperidine rings is 2. The number of nitrogens with one attached hydrogen (secondary N) is 1. The number of hydrogen-bond acceptors (Lipinski definition) is 5. The van der Waals surface area contributed by atoms with Crippen LogP contribution >= 0.6 is 12.4 Å². The maximum atomic E-state index is 11.9. The van der Waals surface area contributed by atoms with E-state index in [1.165, 1.54) is 0 Å². The average molecular weight is 531 g/mol. The lowest BCUT2D eigenvalue weighted by Gasteiger charge is -2.36. The summed E-state index contributed by atoms with van der Waals surface area (Å²) >= 11 is 0. The minimum atomic E-state index is -1.49. The Hall–Kier alpha value is -1.01. The number of hydrogen-bond donors (Lipinski definition) is 3. The Labute approximate surface area is 216 Å². The van der Waals surface area contributed by atoms with Crippen molar-refractivity contribution >= 4 is 34.6 Å². The number of ether oxygens (including phenoxy) is 1. The van der Waals surface area contributed by atoms with E-state index >= 15 is 0 Å². The van der Waals surface area contributed by atoms with Gasteiger partial charge in [-0.15, -0.1) is 23.5 Å². The Balaban J connectivity index is 0.000000676. The highest BCUT2D eigenvalue weighted by atomic mass is 35.5. The summed E-state index contributed by atoms with van der Waals surface area (Å²) in [4.78, 5) is 13.6. The van der Waals surface area contributed by atoms with Crippen molar-refractivity contribution in [2.75, 3.05) is 26.2 Å². The van der Waals surface area contributed by atoms with Crippen LogP contribution in [0.4, 0.5) is 4.79 Å². The minimum Gasteiger partial charge on any atom is -0.444 e. The molecule has 2 rings (SSSR count). The number of amides is 1. The van der Waals surface area contributed by atoms with E-state index in [0.29, 0.717) is 25.9 Å². The maximum absolute atomic E-state index is 11.9. The van der Waals surface area contributed by atoms with E-state index in [0.717, 1.165) is 25.9 Å². The zero-order chi connectivity index (χ0) is 25.6. The highest BCUT2D eigenvalue weighted by molar-refractivity contribution is 6.84. The second-order valence-electron chi connectivity index (χ2n) is 12.3. The fourth-order valence-corrected chi connectivity index (χ4v) is 4.30. The maximum Gasteiger partial charge on any atom is 0.410 e. The van der Waals surface area contributed by atoms with Crippen LogP contribution in [0.3, 0.4) is 0 Å². The van der Waals surface area contributed by atoms with Gasteiger partial charge in [0.2, 0.25) is 0 Å². The first-order chi connectivity index (χ1) is 14.8. The molecule has 34 heavy (non-hydrogen) atoms. The first-order valence-corrected chi connectivity index (χ1v) is 19.0. The third kappa shape index (κ3) is 14.4. The third-order valence-electron chi connectivity index (χ3n) is 5.01. The van der Waals surface area contributed by atoms with E-state index in [9.17, 15) is 15.0 Å². The molecule has 2 saturated heterocycles. The van der Waals surface area contributed by atoms with Crippen molar-refractivity contribution in [3.63, 3.8) is 0 Å². The minimum absolute atomic E-state index is 0. The Morgan fingerprint density at radius 2 is 1.24 bits per heavy atom. The van der Waals surface area contributed by atoms with Crippen molar-refractivity contribution in [1.82, 2.24) is 10.2 Å². The van der Waals surface area contributed by atoms with Crippen molar-refractivity contribution < 1.29 is 19.7 Å². The van der Waals surface area contributed by atoms with Gasteiger partial charge in [-0.05, 0) is 46.7 Å². The molecule has 0 aromatic carbocycles. The second kappa shape index (κ2) is 12.8. The average Bonchev–Trinajstić information content (AvgIpc) is 2.64. The molecule has 196 valence electrons. The van der Waals surface area contributed by atoms with Gasteiger partial charge in [0.25, 0.3) is 0 Å². The molecule has 2 fully saturated rings. The molecule has 0 atom stereocenters. The number of halogens is 1. The number of carbonyl (C=O) groups excluding carboxylic acids is 1. The highest BCUT2D eigenvalue weighted by Crippen LogP contribution is 2.23. The topological polar surface area (TPSA) is 82.0 Å². The van der Waals surface area contributed by atoms with Crippen molar-refractivity contribution in [2.24, 2.45) is 0 Å². The molecule has 0 unspecified atom stereocenters. The lowest BCUT2D eigenvalue weighted by atomic mass is 9.93. The molecule has 0 bridgehead atoms. The fraction of sp³-hybridized carbons (Fsp3) is 0.800. The van der Waals surface area contributed by atoms with Gasteiger partial charge < -0.3 is 25.2 Å². The molecule has 9 heteroatoms. The first kappa shape index (κ1) is 33.0. The molecule has 2 aliphatic heterocycles. The number of carbonyl (C=O) groups is 1. The SMILES string of the molecule is CC(C)(C)OC(=O)N1CCC(O)(C#C[Si](C)(C)C)CC1.C[Si](C)(C)C#CC1(O)CCNCC1.Cl. The lowest BCUT2D eigenvalue weighted by molar-refractivity contribution is -0.00513. The molecule has 0 aromatic heterocycles. The molecule has 0 saturated carbocycles. The van der Waals surface area contributed by atoms with E-state index in [1.54, 1.807) is 4.90 Å². The van der Waals surface area contributed by atoms with Crippen molar-refractivity contribution in [3.8, 4) is 22.9 Å². The molecular formula is C25H47ClN2O4Si2. The summed E-state index contributed by atoms with van der Waals surface area (Å²) in [7, 11) is -2.81. The second-order valence-corrected chi connectivity index (χ2v) is 21.8.